The second-order valence-electron chi connectivity index (χ2n) is 5.21. The van der Waals surface area contributed by atoms with Gasteiger partial charge >= 0.3 is 5.69 Å². The molecule has 8 heteroatoms. The first-order chi connectivity index (χ1) is 11.5. The highest BCUT2D eigenvalue weighted by Crippen LogP contribution is 2.41. The molecule has 0 spiro atoms. The van der Waals surface area contributed by atoms with E-state index in [0.717, 1.165) is 10.6 Å². The fraction of sp³-hybridized carbons (Fsp3) is 0.500. The lowest BCUT2D eigenvalue weighted by atomic mass is 9.88. The lowest BCUT2D eigenvalue weighted by Crippen LogP contribution is -2.51. The first kappa shape index (κ1) is 18.0. The predicted octanol–water partition coefficient (Wildman–Crippen LogP) is -1.41. The summed E-state index contributed by atoms with van der Waals surface area (Å²) in [5.74, 6) is 7.78. The van der Waals surface area contributed by atoms with E-state index in [1.54, 1.807) is 6.92 Å². The maximum atomic E-state index is 12.0. The third kappa shape index (κ3) is 3.14. The minimum atomic E-state index is -1.40. The molecule has 1 saturated heterocycles. The molecule has 24 heavy (non-hydrogen) atoms. The largest absolute Gasteiger partial charge is 0.394 e. The quantitative estimate of drug-likeness (QED) is 0.570. The van der Waals surface area contributed by atoms with Crippen LogP contribution in [0.5, 0.6) is 0 Å². The number of nitrogens with zero attached hydrogens (tertiary/aromatic N) is 1. The van der Waals surface area contributed by atoms with Gasteiger partial charge in [0, 0.05) is 18.7 Å². The van der Waals surface area contributed by atoms with Crippen molar-refractivity contribution < 1.29 is 19.7 Å². The molecule has 8 nitrogen and oxygen atoms in total. The first-order valence-corrected chi connectivity index (χ1v) is 7.23. The smallest absolute Gasteiger partial charge is 0.330 e. The number of hydrogen-bond donors (Lipinski definition) is 3. The van der Waals surface area contributed by atoms with Gasteiger partial charge in [0.25, 0.3) is 5.56 Å². The standard InChI is InChI=1S/C16H18N2O6/c1-3-5-7-16(23-9-4-2)11(10-19)24-14(13(16)21)18-8-6-12(20)17-15(18)22/h2,6,8,11,13-14,19,21H,7,9-10H2,1H3,(H,17,20,22)/t11-,13+,14-,16-/m1/s1. The minimum Gasteiger partial charge on any atom is -0.394 e. The van der Waals surface area contributed by atoms with Crippen molar-refractivity contribution in [2.45, 2.75) is 37.4 Å². The molecule has 0 amide bonds. The zero-order valence-corrected chi connectivity index (χ0v) is 13.1. The summed E-state index contributed by atoms with van der Waals surface area (Å²) in [7, 11) is 0. The maximum Gasteiger partial charge on any atom is 0.330 e. The Kier molecular flexibility index (Phi) is 5.60. The predicted molar refractivity (Wildman–Crippen MR) is 83.9 cm³/mol. The van der Waals surface area contributed by atoms with Crippen molar-refractivity contribution in [3.8, 4) is 24.2 Å². The molecule has 2 rings (SSSR count). The fourth-order valence-corrected chi connectivity index (χ4v) is 2.68. The molecule has 0 aliphatic carbocycles. The van der Waals surface area contributed by atoms with E-state index < -0.39 is 41.9 Å². The Hall–Kier alpha value is -2.36. The normalized spacial score (nSPS) is 28.8. The van der Waals surface area contributed by atoms with Gasteiger partial charge in [-0.05, 0) is 6.92 Å². The molecule has 0 unspecified atom stereocenters. The molecule has 4 atom stereocenters. The van der Waals surface area contributed by atoms with E-state index in [0.29, 0.717) is 0 Å². The molecule has 0 radical (unpaired) electrons. The minimum absolute atomic E-state index is 0.0478. The molecule has 1 fully saturated rings. The van der Waals surface area contributed by atoms with Crippen LogP contribution in [0.2, 0.25) is 0 Å². The Morgan fingerprint density at radius 3 is 2.88 bits per heavy atom. The van der Waals surface area contributed by atoms with Crippen LogP contribution in [-0.4, -0.2) is 50.8 Å². The van der Waals surface area contributed by atoms with Crippen molar-refractivity contribution in [2.24, 2.45) is 0 Å². The molecule has 128 valence electrons. The number of H-pyrrole nitrogens is 1. The summed E-state index contributed by atoms with van der Waals surface area (Å²) < 4.78 is 12.3. The Morgan fingerprint density at radius 2 is 2.29 bits per heavy atom. The van der Waals surface area contributed by atoms with Gasteiger partial charge in [-0.2, -0.15) is 0 Å². The number of ether oxygens (including phenoxy) is 2. The zero-order valence-electron chi connectivity index (χ0n) is 13.1. The number of aliphatic hydroxyl groups excluding tert-OH is 2. The third-order valence-electron chi connectivity index (χ3n) is 3.88. The van der Waals surface area contributed by atoms with Crippen LogP contribution >= 0.6 is 0 Å². The van der Waals surface area contributed by atoms with E-state index in [9.17, 15) is 19.8 Å². The van der Waals surface area contributed by atoms with E-state index in [1.165, 1.54) is 6.20 Å². The zero-order chi connectivity index (χ0) is 17.7. The van der Waals surface area contributed by atoms with Crippen LogP contribution in [-0.2, 0) is 9.47 Å². The number of aromatic amines is 1. The van der Waals surface area contributed by atoms with Gasteiger partial charge < -0.3 is 19.7 Å². The van der Waals surface area contributed by atoms with Gasteiger partial charge in [0.15, 0.2) is 6.23 Å². The molecule has 3 N–H and O–H groups in total. The molecule has 1 aromatic rings. The summed E-state index contributed by atoms with van der Waals surface area (Å²) in [4.78, 5) is 25.2. The Morgan fingerprint density at radius 1 is 1.54 bits per heavy atom. The Balaban J connectivity index is 2.47. The van der Waals surface area contributed by atoms with Gasteiger partial charge in [-0.15, -0.1) is 18.3 Å². The number of nitrogens with one attached hydrogen (secondary N) is 1. The number of terminal acetylenes is 1. The van der Waals surface area contributed by atoms with E-state index in [-0.39, 0.29) is 13.0 Å². The summed E-state index contributed by atoms with van der Waals surface area (Å²) in [5, 5.41) is 20.4. The summed E-state index contributed by atoms with van der Waals surface area (Å²) >= 11 is 0. The molecular formula is C16H18N2O6. The molecule has 0 aromatic carbocycles. The molecule has 0 bridgehead atoms. The number of aromatic nitrogens is 2. The summed E-state index contributed by atoms with van der Waals surface area (Å²) in [5.41, 5.74) is -2.73. The van der Waals surface area contributed by atoms with Gasteiger partial charge in [0.05, 0.1) is 6.61 Å². The van der Waals surface area contributed by atoms with E-state index in [1.807, 2.05) is 0 Å². The Labute approximate surface area is 138 Å². The van der Waals surface area contributed by atoms with Crippen LogP contribution in [0.3, 0.4) is 0 Å². The summed E-state index contributed by atoms with van der Waals surface area (Å²) in [6.07, 6.45) is 3.01. The van der Waals surface area contributed by atoms with Crippen LogP contribution in [0.4, 0.5) is 0 Å². The highest BCUT2D eigenvalue weighted by molar-refractivity contribution is 5.13. The van der Waals surface area contributed by atoms with Gasteiger partial charge in [0.2, 0.25) is 0 Å². The van der Waals surface area contributed by atoms with Gasteiger partial charge in [-0.25, -0.2) is 4.79 Å². The average molecular weight is 334 g/mol. The number of rotatable bonds is 5. The third-order valence-corrected chi connectivity index (χ3v) is 3.88. The van der Waals surface area contributed by atoms with Gasteiger partial charge in [0.1, 0.15) is 24.4 Å². The fourth-order valence-electron chi connectivity index (χ4n) is 2.68. The molecule has 2 heterocycles. The van der Waals surface area contributed by atoms with Gasteiger partial charge in [-0.1, -0.05) is 5.92 Å². The highest BCUT2D eigenvalue weighted by Gasteiger charge is 2.57. The van der Waals surface area contributed by atoms with Gasteiger partial charge in [-0.3, -0.25) is 14.3 Å². The van der Waals surface area contributed by atoms with Crippen molar-refractivity contribution >= 4 is 0 Å². The van der Waals surface area contributed by atoms with Crippen molar-refractivity contribution in [3.05, 3.63) is 33.1 Å². The topological polar surface area (TPSA) is 114 Å². The average Bonchev–Trinajstić information content (AvgIpc) is 2.84. The number of aliphatic hydroxyl groups is 2. The lowest BCUT2D eigenvalue weighted by molar-refractivity contribution is -0.124. The van der Waals surface area contributed by atoms with E-state index in [2.05, 4.69) is 22.7 Å². The van der Waals surface area contributed by atoms with Crippen molar-refractivity contribution in [1.29, 1.82) is 0 Å². The first-order valence-electron chi connectivity index (χ1n) is 7.23. The second kappa shape index (κ2) is 7.47. The van der Waals surface area contributed by atoms with Crippen LogP contribution in [0.25, 0.3) is 0 Å². The highest BCUT2D eigenvalue weighted by atomic mass is 16.6. The summed E-state index contributed by atoms with van der Waals surface area (Å²) in [6, 6.07) is 1.12. The molecule has 1 aromatic heterocycles. The Bertz CT molecular complexity index is 796. The molecular weight excluding hydrogens is 316 g/mol. The second-order valence-corrected chi connectivity index (χ2v) is 5.21. The van der Waals surface area contributed by atoms with E-state index >= 15 is 0 Å². The van der Waals surface area contributed by atoms with Crippen molar-refractivity contribution in [3.63, 3.8) is 0 Å². The number of hydrogen-bond acceptors (Lipinski definition) is 6. The lowest BCUT2D eigenvalue weighted by Gasteiger charge is -2.33. The van der Waals surface area contributed by atoms with E-state index in [4.69, 9.17) is 15.9 Å². The SMILES string of the molecule is C#CCO[C@]1(CC#CC)[C@@H](CO)O[C@@H](n2ccc(=O)[nH]c2=O)[C@@H]1O. The molecule has 1 aliphatic rings. The van der Waals surface area contributed by atoms with Crippen molar-refractivity contribution in [1.82, 2.24) is 9.55 Å². The molecule has 1 aliphatic heterocycles. The van der Waals surface area contributed by atoms with Crippen LogP contribution in [0.1, 0.15) is 19.6 Å². The summed E-state index contributed by atoms with van der Waals surface area (Å²) in [6.45, 7) is 1.02. The van der Waals surface area contributed by atoms with Crippen molar-refractivity contribution in [2.75, 3.05) is 13.2 Å². The van der Waals surface area contributed by atoms with Crippen LogP contribution in [0.15, 0.2) is 21.9 Å². The maximum absolute atomic E-state index is 12.0. The monoisotopic (exact) mass is 334 g/mol. The van der Waals surface area contributed by atoms with Crippen LogP contribution in [0, 0.1) is 24.2 Å². The van der Waals surface area contributed by atoms with Crippen LogP contribution < -0.4 is 11.2 Å². The molecule has 0 saturated carbocycles.